The van der Waals surface area contributed by atoms with E-state index in [1.54, 1.807) is 4.98 Å². The van der Waals surface area contributed by atoms with Crippen LogP contribution in [0.1, 0.15) is 17.7 Å². The quantitative estimate of drug-likeness (QED) is 0.696. The van der Waals surface area contributed by atoms with Gasteiger partial charge in [-0.3, -0.25) is 4.79 Å². The summed E-state index contributed by atoms with van der Waals surface area (Å²) in [6, 6.07) is 0.792. The Morgan fingerprint density at radius 3 is 2.58 bits per heavy atom. The number of pyridine rings is 1. The van der Waals surface area contributed by atoms with Crippen LogP contribution < -0.4 is 5.56 Å². The topological polar surface area (TPSA) is 32.9 Å². The number of alkyl halides is 2. The van der Waals surface area contributed by atoms with Crippen molar-refractivity contribution in [1.82, 2.24) is 4.98 Å². The standard InChI is InChI=1S/C7H6F3NO/c1-3-2-4(8)7(12)11-5(3)6(9)10/h2,6H,1H3,(H,11,12). The summed E-state index contributed by atoms with van der Waals surface area (Å²) in [6.45, 7) is 1.31. The third kappa shape index (κ3) is 1.49. The molecular weight excluding hydrogens is 171 g/mol. The Morgan fingerprint density at radius 1 is 1.50 bits per heavy atom. The molecule has 0 aliphatic rings. The molecule has 0 amide bonds. The summed E-state index contributed by atoms with van der Waals surface area (Å²) in [4.78, 5) is 12.3. The molecule has 0 spiro atoms. The number of aryl methyl sites for hydroxylation is 1. The first-order chi connectivity index (χ1) is 5.52. The van der Waals surface area contributed by atoms with Gasteiger partial charge in [0, 0.05) is 0 Å². The highest BCUT2D eigenvalue weighted by atomic mass is 19.3. The van der Waals surface area contributed by atoms with Gasteiger partial charge in [0.15, 0.2) is 5.82 Å². The first kappa shape index (κ1) is 8.83. The summed E-state index contributed by atoms with van der Waals surface area (Å²) in [5.41, 5.74) is -1.60. The SMILES string of the molecule is Cc1cc(F)c(=O)[nH]c1C(F)F. The van der Waals surface area contributed by atoms with Crippen LogP contribution in [0.25, 0.3) is 0 Å². The summed E-state index contributed by atoms with van der Waals surface area (Å²) < 4.78 is 36.5. The molecule has 0 aromatic carbocycles. The molecule has 12 heavy (non-hydrogen) atoms. The Hall–Kier alpha value is -1.26. The van der Waals surface area contributed by atoms with Gasteiger partial charge in [0.2, 0.25) is 0 Å². The minimum atomic E-state index is -2.78. The number of hydrogen-bond acceptors (Lipinski definition) is 1. The molecule has 2 nitrogen and oxygen atoms in total. The summed E-state index contributed by atoms with van der Waals surface area (Å²) in [5, 5.41) is 0. The number of hydrogen-bond donors (Lipinski definition) is 1. The fraction of sp³-hybridized carbons (Fsp3) is 0.286. The maximum Gasteiger partial charge on any atom is 0.284 e. The maximum absolute atomic E-state index is 12.4. The monoisotopic (exact) mass is 177 g/mol. The zero-order chi connectivity index (χ0) is 9.30. The fourth-order valence-electron chi connectivity index (χ4n) is 0.841. The van der Waals surface area contributed by atoms with Crippen LogP contribution in [-0.2, 0) is 0 Å². The zero-order valence-corrected chi connectivity index (χ0v) is 6.20. The van der Waals surface area contributed by atoms with E-state index in [-0.39, 0.29) is 5.56 Å². The summed E-state index contributed by atoms with van der Waals surface area (Å²) >= 11 is 0. The van der Waals surface area contributed by atoms with Crippen LogP contribution in [0.4, 0.5) is 13.2 Å². The molecule has 0 radical (unpaired) electrons. The van der Waals surface area contributed by atoms with E-state index < -0.39 is 23.5 Å². The Kier molecular flexibility index (Phi) is 2.21. The molecule has 0 atom stereocenters. The highest BCUT2D eigenvalue weighted by Gasteiger charge is 2.13. The molecular formula is C7H6F3NO. The van der Waals surface area contributed by atoms with E-state index in [1.807, 2.05) is 0 Å². The number of rotatable bonds is 1. The van der Waals surface area contributed by atoms with Gasteiger partial charge in [0.25, 0.3) is 12.0 Å². The van der Waals surface area contributed by atoms with Gasteiger partial charge in [-0.2, -0.15) is 0 Å². The predicted molar refractivity (Wildman–Crippen MR) is 36.7 cm³/mol. The molecule has 1 aromatic rings. The summed E-state index contributed by atoms with van der Waals surface area (Å²) in [5.74, 6) is -1.04. The van der Waals surface area contributed by atoms with Crippen molar-refractivity contribution >= 4 is 0 Å². The molecule has 0 unspecified atom stereocenters. The number of aromatic amines is 1. The first-order valence-corrected chi connectivity index (χ1v) is 3.20. The highest BCUT2D eigenvalue weighted by molar-refractivity contribution is 5.19. The van der Waals surface area contributed by atoms with Crippen molar-refractivity contribution in [2.45, 2.75) is 13.3 Å². The highest BCUT2D eigenvalue weighted by Crippen LogP contribution is 2.18. The lowest BCUT2D eigenvalue weighted by Crippen LogP contribution is -2.14. The Bertz CT molecular complexity index is 345. The van der Waals surface area contributed by atoms with Crippen molar-refractivity contribution in [2.24, 2.45) is 0 Å². The predicted octanol–water partition coefficient (Wildman–Crippen LogP) is 1.76. The van der Waals surface area contributed by atoms with Crippen LogP contribution in [0.2, 0.25) is 0 Å². The van der Waals surface area contributed by atoms with E-state index in [2.05, 4.69) is 0 Å². The van der Waals surface area contributed by atoms with Gasteiger partial charge < -0.3 is 4.98 Å². The summed E-state index contributed by atoms with van der Waals surface area (Å²) in [6.07, 6.45) is -2.78. The Balaban J connectivity index is 3.33. The lowest BCUT2D eigenvalue weighted by molar-refractivity contribution is 0.144. The average Bonchev–Trinajstić information content (AvgIpc) is 1.96. The van der Waals surface area contributed by atoms with Gasteiger partial charge in [0.05, 0.1) is 5.69 Å². The molecule has 1 aromatic heterocycles. The van der Waals surface area contributed by atoms with Crippen molar-refractivity contribution in [3.63, 3.8) is 0 Å². The van der Waals surface area contributed by atoms with Crippen LogP contribution in [-0.4, -0.2) is 4.98 Å². The van der Waals surface area contributed by atoms with Crippen molar-refractivity contribution in [1.29, 1.82) is 0 Å². The second-order valence-corrected chi connectivity index (χ2v) is 2.34. The van der Waals surface area contributed by atoms with Crippen molar-refractivity contribution < 1.29 is 13.2 Å². The number of H-pyrrole nitrogens is 1. The second kappa shape index (κ2) is 3.00. The third-order valence-electron chi connectivity index (χ3n) is 1.45. The Morgan fingerprint density at radius 2 is 2.08 bits per heavy atom. The van der Waals surface area contributed by atoms with Gasteiger partial charge in [-0.25, -0.2) is 13.2 Å². The van der Waals surface area contributed by atoms with Crippen LogP contribution in [0.3, 0.4) is 0 Å². The zero-order valence-electron chi connectivity index (χ0n) is 6.20. The van der Waals surface area contributed by atoms with Crippen LogP contribution in [0.15, 0.2) is 10.9 Å². The molecule has 0 aliphatic heterocycles. The molecule has 66 valence electrons. The first-order valence-electron chi connectivity index (χ1n) is 3.20. The lowest BCUT2D eigenvalue weighted by Gasteiger charge is -2.02. The molecule has 1 heterocycles. The summed E-state index contributed by atoms with van der Waals surface area (Å²) in [7, 11) is 0. The van der Waals surface area contributed by atoms with Gasteiger partial charge in [0.1, 0.15) is 0 Å². The van der Waals surface area contributed by atoms with Gasteiger partial charge >= 0.3 is 0 Å². The van der Waals surface area contributed by atoms with Crippen molar-refractivity contribution in [3.8, 4) is 0 Å². The molecule has 5 heteroatoms. The second-order valence-electron chi connectivity index (χ2n) is 2.34. The Labute approximate surface area is 66.0 Å². The van der Waals surface area contributed by atoms with Crippen molar-refractivity contribution in [3.05, 3.63) is 33.5 Å². The van der Waals surface area contributed by atoms with E-state index in [0.29, 0.717) is 0 Å². The molecule has 0 saturated carbocycles. The smallest absolute Gasteiger partial charge is 0.284 e. The van der Waals surface area contributed by atoms with Crippen LogP contribution >= 0.6 is 0 Å². The van der Waals surface area contributed by atoms with Crippen molar-refractivity contribution in [2.75, 3.05) is 0 Å². The van der Waals surface area contributed by atoms with Gasteiger partial charge in [-0.1, -0.05) is 0 Å². The third-order valence-corrected chi connectivity index (χ3v) is 1.45. The number of aromatic nitrogens is 1. The molecule has 0 bridgehead atoms. The minimum Gasteiger partial charge on any atom is -0.318 e. The molecule has 1 rings (SSSR count). The van der Waals surface area contributed by atoms with Gasteiger partial charge in [-0.05, 0) is 18.6 Å². The van der Waals surface area contributed by atoms with Gasteiger partial charge in [-0.15, -0.1) is 0 Å². The number of halogens is 3. The largest absolute Gasteiger partial charge is 0.318 e. The van der Waals surface area contributed by atoms with E-state index in [9.17, 15) is 18.0 Å². The van der Waals surface area contributed by atoms with E-state index in [1.165, 1.54) is 6.92 Å². The fourth-order valence-corrected chi connectivity index (χ4v) is 0.841. The molecule has 0 fully saturated rings. The molecule has 0 saturated heterocycles. The van der Waals surface area contributed by atoms with E-state index >= 15 is 0 Å². The van der Waals surface area contributed by atoms with Crippen LogP contribution in [0.5, 0.6) is 0 Å². The van der Waals surface area contributed by atoms with E-state index in [0.717, 1.165) is 6.07 Å². The maximum atomic E-state index is 12.4. The van der Waals surface area contributed by atoms with Crippen LogP contribution in [0, 0.1) is 12.7 Å². The average molecular weight is 177 g/mol. The normalized spacial score (nSPS) is 10.8. The molecule has 1 N–H and O–H groups in total. The number of nitrogens with one attached hydrogen (secondary N) is 1. The minimum absolute atomic E-state index is 0.0436. The lowest BCUT2D eigenvalue weighted by atomic mass is 10.2. The van der Waals surface area contributed by atoms with E-state index in [4.69, 9.17) is 0 Å². The molecule has 0 aliphatic carbocycles.